The molecule has 1 aliphatic rings. The summed E-state index contributed by atoms with van der Waals surface area (Å²) < 4.78 is 13.2. The Kier molecular flexibility index (Phi) is 3.81. The monoisotopic (exact) mass is 252 g/mol. The maximum atomic E-state index is 13.2. The Balaban J connectivity index is 1.91. The standard InChI is InChI=1S/C13H17FN2O2/c1-9(17)15-11-4-5-16(8-11)7-10-2-3-13(18)12(14)6-10/h2-3,6,11,18H,4-5,7-8H2,1H3,(H,15,17). The van der Waals surface area contributed by atoms with E-state index >= 15 is 0 Å². The summed E-state index contributed by atoms with van der Waals surface area (Å²) >= 11 is 0. The average molecular weight is 252 g/mol. The number of carbonyl (C=O) groups excluding carboxylic acids is 1. The van der Waals surface area contributed by atoms with Gasteiger partial charge in [-0.1, -0.05) is 6.07 Å². The number of hydrogen-bond acceptors (Lipinski definition) is 3. The molecule has 0 spiro atoms. The molecule has 2 N–H and O–H groups in total. The zero-order chi connectivity index (χ0) is 13.1. The Bertz CT molecular complexity index is 451. The Morgan fingerprint density at radius 2 is 2.39 bits per heavy atom. The van der Waals surface area contributed by atoms with E-state index in [-0.39, 0.29) is 17.7 Å². The van der Waals surface area contributed by atoms with E-state index in [2.05, 4.69) is 10.2 Å². The highest BCUT2D eigenvalue weighted by Gasteiger charge is 2.22. The molecule has 1 heterocycles. The topological polar surface area (TPSA) is 52.6 Å². The summed E-state index contributed by atoms with van der Waals surface area (Å²) in [5.74, 6) is -0.932. The quantitative estimate of drug-likeness (QED) is 0.851. The van der Waals surface area contributed by atoms with Crippen LogP contribution in [0.25, 0.3) is 0 Å². The molecule has 5 heteroatoms. The van der Waals surface area contributed by atoms with Crippen LogP contribution in [0.15, 0.2) is 18.2 Å². The first-order chi connectivity index (χ1) is 8.54. The summed E-state index contributed by atoms with van der Waals surface area (Å²) in [5.41, 5.74) is 0.828. The smallest absolute Gasteiger partial charge is 0.217 e. The predicted molar refractivity (Wildman–Crippen MR) is 65.6 cm³/mol. The molecule has 1 fully saturated rings. The normalized spacial score (nSPS) is 20.0. The van der Waals surface area contributed by atoms with Gasteiger partial charge in [-0.25, -0.2) is 4.39 Å². The van der Waals surface area contributed by atoms with Crippen molar-refractivity contribution in [1.29, 1.82) is 0 Å². The lowest BCUT2D eigenvalue weighted by molar-refractivity contribution is -0.119. The molecule has 1 atom stereocenters. The first kappa shape index (κ1) is 12.8. The van der Waals surface area contributed by atoms with Crippen LogP contribution in [0.2, 0.25) is 0 Å². The van der Waals surface area contributed by atoms with Gasteiger partial charge in [0.1, 0.15) is 0 Å². The molecule has 18 heavy (non-hydrogen) atoms. The lowest BCUT2D eigenvalue weighted by Gasteiger charge is -2.16. The highest BCUT2D eigenvalue weighted by molar-refractivity contribution is 5.73. The van der Waals surface area contributed by atoms with E-state index in [9.17, 15) is 9.18 Å². The van der Waals surface area contributed by atoms with Crippen molar-refractivity contribution in [1.82, 2.24) is 10.2 Å². The minimum Gasteiger partial charge on any atom is -0.505 e. The second-order valence-electron chi connectivity index (χ2n) is 4.71. The molecule has 0 saturated carbocycles. The Morgan fingerprint density at radius 1 is 1.61 bits per heavy atom. The Labute approximate surface area is 105 Å². The van der Waals surface area contributed by atoms with Gasteiger partial charge in [-0.3, -0.25) is 9.69 Å². The number of rotatable bonds is 3. The van der Waals surface area contributed by atoms with Crippen molar-refractivity contribution in [3.8, 4) is 5.75 Å². The third kappa shape index (κ3) is 3.20. The molecular weight excluding hydrogens is 235 g/mol. The molecule has 0 aromatic heterocycles. The van der Waals surface area contributed by atoms with Crippen LogP contribution in [0, 0.1) is 5.82 Å². The van der Waals surface area contributed by atoms with Gasteiger partial charge >= 0.3 is 0 Å². The molecule has 0 bridgehead atoms. The van der Waals surface area contributed by atoms with Crippen LogP contribution >= 0.6 is 0 Å². The SMILES string of the molecule is CC(=O)NC1CCN(Cc2ccc(O)c(F)c2)C1. The van der Waals surface area contributed by atoms with Gasteiger partial charge in [-0.15, -0.1) is 0 Å². The number of phenols is 1. The first-order valence-electron chi connectivity index (χ1n) is 6.01. The summed E-state index contributed by atoms with van der Waals surface area (Å²) in [6, 6.07) is 4.61. The van der Waals surface area contributed by atoms with Crippen molar-refractivity contribution in [3.05, 3.63) is 29.6 Å². The molecule has 0 aliphatic carbocycles. The van der Waals surface area contributed by atoms with E-state index < -0.39 is 5.82 Å². The summed E-state index contributed by atoms with van der Waals surface area (Å²) in [6.45, 7) is 3.81. The fourth-order valence-corrected chi connectivity index (χ4v) is 2.29. The van der Waals surface area contributed by atoms with Crippen molar-refractivity contribution < 1.29 is 14.3 Å². The van der Waals surface area contributed by atoms with Crippen LogP contribution < -0.4 is 5.32 Å². The van der Waals surface area contributed by atoms with Gasteiger partial charge in [0.25, 0.3) is 0 Å². The fraction of sp³-hybridized carbons (Fsp3) is 0.462. The van der Waals surface area contributed by atoms with Gasteiger partial charge < -0.3 is 10.4 Å². The summed E-state index contributed by atoms with van der Waals surface area (Å²) in [4.78, 5) is 13.1. The number of amides is 1. The molecular formula is C13H17FN2O2. The van der Waals surface area contributed by atoms with Gasteiger partial charge in [-0.2, -0.15) is 0 Å². The van der Waals surface area contributed by atoms with Crippen LogP contribution in [0.5, 0.6) is 5.75 Å². The first-order valence-corrected chi connectivity index (χ1v) is 6.01. The van der Waals surface area contributed by atoms with Crippen molar-refractivity contribution >= 4 is 5.91 Å². The molecule has 1 unspecified atom stereocenters. The number of benzene rings is 1. The molecule has 1 saturated heterocycles. The fourth-order valence-electron chi connectivity index (χ4n) is 2.29. The van der Waals surface area contributed by atoms with Gasteiger partial charge in [0, 0.05) is 32.6 Å². The van der Waals surface area contributed by atoms with E-state index in [0.29, 0.717) is 6.54 Å². The number of nitrogens with zero attached hydrogens (tertiary/aromatic N) is 1. The number of phenolic OH excluding ortho intramolecular Hbond substituents is 1. The third-order valence-corrected chi connectivity index (χ3v) is 3.10. The number of likely N-dealkylation sites (tertiary alicyclic amines) is 1. The van der Waals surface area contributed by atoms with Crippen LogP contribution in [0.1, 0.15) is 18.9 Å². The summed E-state index contributed by atoms with van der Waals surface area (Å²) in [6.07, 6.45) is 0.917. The van der Waals surface area contributed by atoms with Gasteiger partial charge in [0.05, 0.1) is 0 Å². The molecule has 1 amide bonds. The zero-order valence-electron chi connectivity index (χ0n) is 10.3. The molecule has 1 aromatic rings. The number of nitrogens with one attached hydrogen (secondary N) is 1. The van der Waals surface area contributed by atoms with Crippen molar-refractivity contribution in [3.63, 3.8) is 0 Å². The van der Waals surface area contributed by atoms with Gasteiger partial charge in [-0.05, 0) is 24.1 Å². The third-order valence-electron chi connectivity index (χ3n) is 3.10. The minimum atomic E-state index is -0.592. The minimum absolute atomic E-state index is 0.0162. The van der Waals surface area contributed by atoms with Crippen LogP contribution in [-0.4, -0.2) is 35.0 Å². The van der Waals surface area contributed by atoms with Crippen molar-refractivity contribution in [2.24, 2.45) is 0 Å². The zero-order valence-corrected chi connectivity index (χ0v) is 10.3. The van der Waals surface area contributed by atoms with Gasteiger partial charge in [0.15, 0.2) is 11.6 Å². The highest BCUT2D eigenvalue weighted by atomic mass is 19.1. The number of halogens is 1. The number of hydrogen-bond donors (Lipinski definition) is 2. The molecule has 1 aromatic carbocycles. The second kappa shape index (κ2) is 5.35. The molecule has 2 rings (SSSR count). The van der Waals surface area contributed by atoms with Crippen molar-refractivity contribution in [2.75, 3.05) is 13.1 Å². The van der Waals surface area contributed by atoms with Gasteiger partial charge in [0.2, 0.25) is 5.91 Å². The van der Waals surface area contributed by atoms with E-state index in [0.717, 1.165) is 25.1 Å². The molecule has 0 radical (unpaired) electrons. The predicted octanol–water partition coefficient (Wildman–Crippen LogP) is 1.24. The maximum absolute atomic E-state index is 13.2. The maximum Gasteiger partial charge on any atom is 0.217 e. The van der Waals surface area contributed by atoms with Crippen LogP contribution in [0.3, 0.4) is 0 Å². The largest absolute Gasteiger partial charge is 0.505 e. The van der Waals surface area contributed by atoms with E-state index in [4.69, 9.17) is 5.11 Å². The lowest BCUT2D eigenvalue weighted by atomic mass is 10.2. The highest BCUT2D eigenvalue weighted by Crippen LogP contribution is 2.19. The Hall–Kier alpha value is -1.62. The Morgan fingerprint density at radius 3 is 3.06 bits per heavy atom. The second-order valence-corrected chi connectivity index (χ2v) is 4.71. The molecule has 4 nitrogen and oxygen atoms in total. The van der Waals surface area contributed by atoms with E-state index in [1.165, 1.54) is 19.1 Å². The summed E-state index contributed by atoms with van der Waals surface area (Å²) in [5, 5.41) is 12.0. The molecule has 1 aliphatic heterocycles. The lowest BCUT2D eigenvalue weighted by Crippen LogP contribution is -2.35. The van der Waals surface area contributed by atoms with E-state index in [1.54, 1.807) is 6.07 Å². The van der Waals surface area contributed by atoms with Crippen LogP contribution in [0.4, 0.5) is 4.39 Å². The van der Waals surface area contributed by atoms with Crippen LogP contribution in [-0.2, 0) is 11.3 Å². The summed E-state index contributed by atoms with van der Waals surface area (Å²) in [7, 11) is 0. The molecule has 98 valence electrons. The van der Waals surface area contributed by atoms with E-state index in [1.807, 2.05) is 0 Å². The average Bonchev–Trinajstić information content (AvgIpc) is 2.70. The van der Waals surface area contributed by atoms with Crippen molar-refractivity contribution in [2.45, 2.75) is 25.9 Å². The number of aromatic hydroxyl groups is 1. The number of carbonyl (C=O) groups is 1.